The number of amides is 1. The molecule has 5 aromatic rings. The van der Waals surface area contributed by atoms with E-state index in [9.17, 15) is 4.79 Å². The Labute approximate surface area is 239 Å². The number of nitrogens with zero attached hydrogens (tertiary/aromatic N) is 4. The summed E-state index contributed by atoms with van der Waals surface area (Å²) in [7, 11) is 0. The fraction of sp³-hybridized carbons (Fsp3) is 0.344. The second-order valence-corrected chi connectivity index (χ2v) is 11.8. The highest BCUT2D eigenvalue weighted by Crippen LogP contribution is 2.32. The number of carbonyl (C=O) groups excluding carboxylic acids is 1. The van der Waals surface area contributed by atoms with Crippen molar-refractivity contribution < 1.29 is 9.32 Å². The van der Waals surface area contributed by atoms with Crippen LogP contribution in [-0.4, -0.2) is 44.1 Å². The van der Waals surface area contributed by atoms with E-state index in [0.717, 1.165) is 57.8 Å². The smallest absolute Gasteiger partial charge is 0.315 e. The standard InChI is InChI=1S/C32H35N7O2/c1-19-15-23(9-10-24(19)17-34-29(40)30-38-31(39-41-30)32(2,3)4)27-25-16-26(37-28(25)36-18-35-27)22-7-5-20(6-8-22)21-11-13-33-14-12-21/h5-10,15-16,18,21,33H,11-14,17H2,1-4H3,(H,34,40)(H,35,36,37). The molecule has 9 nitrogen and oxygen atoms in total. The summed E-state index contributed by atoms with van der Waals surface area (Å²) in [6.45, 7) is 10.5. The lowest BCUT2D eigenvalue weighted by atomic mass is 9.89. The molecule has 3 aromatic heterocycles. The molecular weight excluding hydrogens is 514 g/mol. The number of fused-ring (bicyclic) bond motifs is 1. The van der Waals surface area contributed by atoms with Crippen LogP contribution in [-0.2, 0) is 12.0 Å². The molecule has 1 aliphatic heterocycles. The Bertz CT molecular complexity index is 1690. The number of piperidine rings is 1. The number of hydrogen-bond donors (Lipinski definition) is 3. The molecule has 0 saturated carbocycles. The predicted octanol–water partition coefficient (Wildman–Crippen LogP) is 5.68. The van der Waals surface area contributed by atoms with Gasteiger partial charge in [-0.2, -0.15) is 4.98 Å². The third-order valence-corrected chi connectivity index (χ3v) is 7.80. The van der Waals surface area contributed by atoms with Crippen LogP contribution in [0.3, 0.4) is 0 Å². The third-order valence-electron chi connectivity index (χ3n) is 7.80. The Balaban J connectivity index is 1.19. The first-order valence-corrected chi connectivity index (χ1v) is 14.1. The van der Waals surface area contributed by atoms with Crippen LogP contribution in [0.25, 0.3) is 33.5 Å². The van der Waals surface area contributed by atoms with Crippen molar-refractivity contribution >= 4 is 16.9 Å². The molecule has 4 heterocycles. The van der Waals surface area contributed by atoms with Gasteiger partial charge in [0.15, 0.2) is 5.82 Å². The zero-order valence-corrected chi connectivity index (χ0v) is 23.9. The van der Waals surface area contributed by atoms with Crippen LogP contribution < -0.4 is 10.6 Å². The maximum absolute atomic E-state index is 12.6. The Morgan fingerprint density at radius 1 is 1.02 bits per heavy atom. The molecule has 1 fully saturated rings. The van der Waals surface area contributed by atoms with Crippen LogP contribution in [0.2, 0.25) is 0 Å². The summed E-state index contributed by atoms with van der Waals surface area (Å²) in [5.74, 6) is 0.709. The van der Waals surface area contributed by atoms with Gasteiger partial charge < -0.3 is 20.1 Å². The Morgan fingerprint density at radius 2 is 1.78 bits per heavy atom. The molecular formula is C32H35N7O2. The average molecular weight is 550 g/mol. The first-order chi connectivity index (χ1) is 19.8. The first-order valence-electron chi connectivity index (χ1n) is 14.1. The number of carbonyl (C=O) groups is 1. The van der Waals surface area contributed by atoms with Crippen molar-refractivity contribution in [2.45, 2.75) is 58.4 Å². The molecule has 1 aliphatic rings. The van der Waals surface area contributed by atoms with Crippen molar-refractivity contribution in [2.24, 2.45) is 0 Å². The molecule has 0 spiro atoms. The van der Waals surface area contributed by atoms with Crippen molar-refractivity contribution in [2.75, 3.05) is 13.1 Å². The van der Waals surface area contributed by atoms with Crippen LogP contribution in [0.15, 0.2) is 59.4 Å². The van der Waals surface area contributed by atoms with Crippen molar-refractivity contribution in [1.29, 1.82) is 0 Å². The normalized spacial score (nSPS) is 14.4. The van der Waals surface area contributed by atoms with E-state index in [0.29, 0.717) is 18.3 Å². The van der Waals surface area contributed by atoms with Crippen LogP contribution in [0, 0.1) is 6.92 Å². The summed E-state index contributed by atoms with van der Waals surface area (Å²) in [5, 5.41) is 11.2. The van der Waals surface area contributed by atoms with Gasteiger partial charge in [0.05, 0.1) is 5.69 Å². The van der Waals surface area contributed by atoms with Gasteiger partial charge in [-0.25, -0.2) is 9.97 Å². The fourth-order valence-electron chi connectivity index (χ4n) is 5.33. The minimum Gasteiger partial charge on any atom is -0.344 e. The van der Waals surface area contributed by atoms with Gasteiger partial charge in [-0.15, -0.1) is 0 Å². The molecule has 0 radical (unpaired) electrons. The molecule has 210 valence electrons. The highest BCUT2D eigenvalue weighted by atomic mass is 16.5. The number of H-pyrrole nitrogens is 1. The van der Waals surface area contributed by atoms with Crippen LogP contribution in [0.4, 0.5) is 0 Å². The summed E-state index contributed by atoms with van der Waals surface area (Å²) >= 11 is 0. The maximum atomic E-state index is 12.6. The highest BCUT2D eigenvalue weighted by molar-refractivity contribution is 5.94. The monoisotopic (exact) mass is 549 g/mol. The van der Waals surface area contributed by atoms with Gasteiger partial charge >= 0.3 is 11.8 Å². The van der Waals surface area contributed by atoms with E-state index in [2.05, 4.69) is 72.1 Å². The number of rotatable bonds is 6. The van der Waals surface area contributed by atoms with E-state index in [1.807, 2.05) is 39.8 Å². The van der Waals surface area contributed by atoms with E-state index >= 15 is 0 Å². The van der Waals surface area contributed by atoms with E-state index in [4.69, 9.17) is 4.52 Å². The largest absolute Gasteiger partial charge is 0.344 e. The van der Waals surface area contributed by atoms with Crippen molar-refractivity contribution in [3.8, 4) is 22.5 Å². The summed E-state index contributed by atoms with van der Waals surface area (Å²) in [6, 6.07) is 17.2. The SMILES string of the molecule is Cc1cc(-c2ncnc3[nH]c(-c4ccc(C5CCNCC5)cc4)cc23)ccc1CNC(=O)c1nc(C(C)(C)C)no1. The van der Waals surface area contributed by atoms with E-state index in [1.165, 1.54) is 18.4 Å². The summed E-state index contributed by atoms with van der Waals surface area (Å²) in [5.41, 5.74) is 7.95. The Kier molecular flexibility index (Phi) is 7.13. The van der Waals surface area contributed by atoms with Gasteiger partial charge in [-0.05, 0) is 73.2 Å². The molecule has 0 atom stereocenters. The quantitative estimate of drug-likeness (QED) is 0.249. The van der Waals surface area contributed by atoms with Crippen LogP contribution in [0.5, 0.6) is 0 Å². The van der Waals surface area contributed by atoms with Gasteiger partial charge in [-0.1, -0.05) is 62.3 Å². The van der Waals surface area contributed by atoms with Crippen LogP contribution >= 0.6 is 0 Å². The third kappa shape index (κ3) is 5.63. The molecule has 0 aliphatic carbocycles. The van der Waals surface area contributed by atoms with Gasteiger partial charge in [0.2, 0.25) is 0 Å². The maximum Gasteiger partial charge on any atom is 0.315 e. The number of hydrogen-bond acceptors (Lipinski definition) is 7. The van der Waals surface area contributed by atoms with Gasteiger partial charge in [0, 0.05) is 28.6 Å². The van der Waals surface area contributed by atoms with Gasteiger partial charge in [-0.3, -0.25) is 4.79 Å². The lowest BCUT2D eigenvalue weighted by Crippen LogP contribution is -2.26. The zero-order chi connectivity index (χ0) is 28.6. The van der Waals surface area contributed by atoms with Gasteiger partial charge in [0.25, 0.3) is 0 Å². The number of aryl methyl sites for hydroxylation is 1. The molecule has 0 bridgehead atoms. The Morgan fingerprint density at radius 3 is 2.49 bits per heavy atom. The molecule has 1 amide bonds. The molecule has 9 heteroatoms. The molecule has 1 saturated heterocycles. The summed E-state index contributed by atoms with van der Waals surface area (Å²) in [4.78, 5) is 29.4. The zero-order valence-electron chi connectivity index (χ0n) is 23.9. The van der Waals surface area contributed by atoms with Crippen LogP contribution in [0.1, 0.15) is 72.7 Å². The van der Waals surface area contributed by atoms with Gasteiger partial charge in [0.1, 0.15) is 12.0 Å². The van der Waals surface area contributed by atoms with Crippen molar-refractivity contribution in [1.82, 2.24) is 35.7 Å². The topological polar surface area (TPSA) is 122 Å². The molecule has 41 heavy (non-hydrogen) atoms. The number of aromatic nitrogens is 5. The van der Waals surface area contributed by atoms with Crippen molar-refractivity contribution in [3.63, 3.8) is 0 Å². The van der Waals surface area contributed by atoms with E-state index in [-0.39, 0.29) is 11.3 Å². The minimum absolute atomic E-state index is 0.0308. The van der Waals surface area contributed by atoms with E-state index < -0.39 is 5.91 Å². The minimum atomic E-state index is -0.391. The lowest BCUT2D eigenvalue weighted by molar-refractivity contribution is 0.0907. The number of aromatic amines is 1. The second-order valence-electron chi connectivity index (χ2n) is 11.8. The first kappa shape index (κ1) is 26.8. The van der Waals surface area contributed by atoms with Crippen molar-refractivity contribution in [3.05, 3.63) is 83.3 Å². The lowest BCUT2D eigenvalue weighted by Gasteiger charge is -2.23. The van der Waals surface area contributed by atoms with E-state index in [1.54, 1.807) is 6.33 Å². The summed E-state index contributed by atoms with van der Waals surface area (Å²) < 4.78 is 5.16. The second kappa shape index (κ2) is 10.9. The number of benzene rings is 2. The molecule has 3 N–H and O–H groups in total. The predicted molar refractivity (Wildman–Crippen MR) is 159 cm³/mol. The average Bonchev–Trinajstić information content (AvgIpc) is 3.65. The Hall–Kier alpha value is -4.37. The highest BCUT2D eigenvalue weighted by Gasteiger charge is 2.24. The fourth-order valence-corrected chi connectivity index (χ4v) is 5.33. The summed E-state index contributed by atoms with van der Waals surface area (Å²) in [6.07, 6.45) is 3.97. The molecule has 2 aromatic carbocycles. The molecule has 0 unspecified atom stereocenters. The number of nitrogens with one attached hydrogen (secondary N) is 3. The molecule has 6 rings (SSSR count).